The van der Waals surface area contributed by atoms with Gasteiger partial charge in [-0.15, -0.1) is 0 Å². The molecule has 1 unspecified atom stereocenters. The summed E-state index contributed by atoms with van der Waals surface area (Å²) in [5.74, 6) is 0.0697. The third-order valence-corrected chi connectivity index (χ3v) is 7.62. The zero-order chi connectivity index (χ0) is 26.3. The number of rotatable bonds is 7. The van der Waals surface area contributed by atoms with Crippen molar-refractivity contribution in [2.75, 3.05) is 5.32 Å². The number of Topliss-reactive ketones (excluding diaryl/α,β-unsaturated/α-hetero) is 1. The maximum absolute atomic E-state index is 14.6. The Bertz CT molecular complexity index is 1240. The molecular formula is C28H31F4N3O. The van der Waals surface area contributed by atoms with Crippen LogP contribution in [0.15, 0.2) is 54.7 Å². The molecule has 1 aliphatic heterocycles. The van der Waals surface area contributed by atoms with E-state index < -0.39 is 22.7 Å². The monoisotopic (exact) mass is 501 g/mol. The van der Waals surface area contributed by atoms with Gasteiger partial charge in [-0.05, 0) is 56.9 Å². The van der Waals surface area contributed by atoms with Gasteiger partial charge >= 0.3 is 6.18 Å². The molecule has 2 aromatic carbocycles. The number of carbonyl (C=O) groups is 1. The van der Waals surface area contributed by atoms with E-state index in [1.165, 1.54) is 18.2 Å². The van der Waals surface area contributed by atoms with Crippen molar-refractivity contribution in [2.24, 2.45) is 0 Å². The standard InChI is InChI=1S/C28H31F4N3O/c1-5-27(6-2,18-11-13-19(14-12-18)28(30,31)32)16-24(36)21-17-33-35-25(21)34-23(15-26(35,3)4)20-9-7-8-10-22(20)29/h7-14,17,23,34H,5-6,15-16H2,1-4H3. The largest absolute Gasteiger partial charge is 0.416 e. The van der Waals surface area contributed by atoms with E-state index in [0.717, 1.165) is 12.1 Å². The molecule has 2 heterocycles. The molecular weight excluding hydrogens is 470 g/mol. The quantitative estimate of drug-likeness (QED) is 0.267. The van der Waals surface area contributed by atoms with Gasteiger partial charge in [-0.2, -0.15) is 18.3 Å². The lowest BCUT2D eigenvalue weighted by Crippen LogP contribution is -2.38. The summed E-state index contributed by atoms with van der Waals surface area (Å²) in [6.45, 7) is 7.88. The Morgan fingerprint density at radius 3 is 2.25 bits per heavy atom. The van der Waals surface area contributed by atoms with Gasteiger partial charge in [0.25, 0.3) is 0 Å². The molecule has 4 rings (SSSR count). The summed E-state index contributed by atoms with van der Waals surface area (Å²) in [4.78, 5) is 13.7. The van der Waals surface area contributed by atoms with Crippen LogP contribution in [-0.2, 0) is 17.1 Å². The van der Waals surface area contributed by atoms with Crippen LogP contribution in [0.25, 0.3) is 0 Å². The maximum Gasteiger partial charge on any atom is 0.416 e. The lowest BCUT2D eigenvalue weighted by atomic mass is 9.71. The van der Waals surface area contributed by atoms with Crippen LogP contribution in [0.3, 0.4) is 0 Å². The van der Waals surface area contributed by atoms with E-state index in [0.29, 0.717) is 41.8 Å². The summed E-state index contributed by atoms with van der Waals surface area (Å²) in [6, 6.07) is 11.3. The molecule has 0 spiro atoms. The van der Waals surface area contributed by atoms with Crippen LogP contribution in [0, 0.1) is 5.82 Å². The second kappa shape index (κ2) is 9.37. The summed E-state index contributed by atoms with van der Waals surface area (Å²) in [5, 5.41) is 7.83. The van der Waals surface area contributed by atoms with Crippen molar-refractivity contribution < 1.29 is 22.4 Å². The summed E-state index contributed by atoms with van der Waals surface area (Å²) in [7, 11) is 0. The summed E-state index contributed by atoms with van der Waals surface area (Å²) in [5.41, 5.74) is -0.167. The van der Waals surface area contributed by atoms with Gasteiger partial charge in [-0.25, -0.2) is 9.07 Å². The van der Waals surface area contributed by atoms with Crippen molar-refractivity contribution in [1.29, 1.82) is 0 Å². The molecule has 4 nitrogen and oxygen atoms in total. The molecule has 8 heteroatoms. The summed E-state index contributed by atoms with van der Waals surface area (Å²) < 4.78 is 55.6. The van der Waals surface area contributed by atoms with Crippen molar-refractivity contribution >= 4 is 11.6 Å². The lowest BCUT2D eigenvalue weighted by molar-refractivity contribution is -0.137. The number of anilines is 1. The Morgan fingerprint density at radius 1 is 1.06 bits per heavy atom. The Labute approximate surface area is 208 Å². The normalized spacial score (nSPS) is 17.4. The number of nitrogens with zero attached hydrogens (tertiary/aromatic N) is 2. The van der Waals surface area contributed by atoms with Gasteiger partial charge in [-0.3, -0.25) is 4.79 Å². The van der Waals surface area contributed by atoms with Crippen LogP contribution in [-0.4, -0.2) is 15.6 Å². The molecule has 0 amide bonds. The van der Waals surface area contributed by atoms with Gasteiger partial charge in [0.05, 0.1) is 28.9 Å². The number of alkyl halides is 3. The first-order valence-electron chi connectivity index (χ1n) is 12.2. The predicted octanol–water partition coefficient (Wildman–Crippen LogP) is 7.66. The second-order valence-electron chi connectivity index (χ2n) is 10.2. The minimum atomic E-state index is -4.42. The van der Waals surface area contributed by atoms with Crippen LogP contribution >= 0.6 is 0 Å². The predicted molar refractivity (Wildman–Crippen MR) is 132 cm³/mol. The van der Waals surface area contributed by atoms with Crippen molar-refractivity contribution in [1.82, 2.24) is 9.78 Å². The molecule has 3 aromatic rings. The molecule has 1 aliphatic rings. The molecule has 36 heavy (non-hydrogen) atoms. The van der Waals surface area contributed by atoms with Crippen LogP contribution in [0.5, 0.6) is 0 Å². The van der Waals surface area contributed by atoms with Crippen molar-refractivity contribution in [3.05, 3.63) is 82.8 Å². The van der Waals surface area contributed by atoms with Gasteiger partial charge in [-0.1, -0.05) is 44.2 Å². The number of benzene rings is 2. The summed E-state index contributed by atoms with van der Waals surface area (Å²) >= 11 is 0. The number of carbonyl (C=O) groups excluding carboxylic acids is 1. The fourth-order valence-corrected chi connectivity index (χ4v) is 5.32. The van der Waals surface area contributed by atoms with Gasteiger partial charge in [0.15, 0.2) is 5.78 Å². The highest BCUT2D eigenvalue weighted by atomic mass is 19.4. The van der Waals surface area contributed by atoms with E-state index in [9.17, 15) is 22.4 Å². The van der Waals surface area contributed by atoms with Gasteiger partial charge in [0, 0.05) is 17.4 Å². The van der Waals surface area contributed by atoms with E-state index in [1.807, 2.05) is 27.7 Å². The molecule has 0 saturated heterocycles. The number of hydrogen-bond acceptors (Lipinski definition) is 3. The number of nitrogens with one attached hydrogen (secondary N) is 1. The minimum absolute atomic E-state index is 0.122. The third-order valence-electron chi connectivity index (χ3n) is 7.62. The number of halogens is 4. The molecule has 192 valence electrons. The molecule has 1 atom stereocenters. The van der Waals surface area contributed by atoms with Crippen LogP contribution in [0.1, 0.15) is 86.5 Å². The molecule has 1 N–H and O–H groups in total. The van der Waals surface area contributed by atoms with Crippen molar-refractivity contribution in [3.63, 3.8) is 0 Å². The third kappa shape index (κ3) is 4.65. The highest BCUT2D eigenvalue weighted by Crippen LogP contribution is 2.43. The average molecular weight is 502 g/mol. The first kappa shape index (κ1) is 25.9. The van der Waals surface area contributed by atoms with E-state index >= 15 is 0 Å². The molecule has 0 fully saturated rings. The van der Waals surface area contributed by atoms with Crippen LogP contribution in [0.4, 0.5) is 23.4 Å². The van der Waals surface area contributed by atoms with Crippen LogP contribution in [0.2, 0.25) is 0 Å². The Balaban J connectivity index is 1.67. The van der Waals surface area contributed by atoms with E-state index in [2.05, 4.69) is 10.4 Å². The second-order valence-corrected chi connectivity index (χ2v) is 10.2. The molecule has 0 radical (unpaired) electrons. The van der Waals surface area contributed by atoms with E-state index in [-0.39, 0.29) is 24.1 Å². The first-order chi connectivity index (χ1) is 16.9. The first-order valence-corrected chi connectivity index (χ1v) is 12.2. The lowest BCUT2D eigenvalue weighted by Gasteiger charge is -2.38. The SMILES string of the molecule is CCC(CC)(CC(=O)c1cnn2c1NC(c1ccccc1F)CC2(C)C)c1ccc(C(F)(F)F)cc1. The Morgan fingerprint density at radius 2 is 1.67 bits per heavy atom. The Hall–Kier alpha value is -3.16. The molecule has 0 saturated carbocycles. The number of ketones is 1. The number of hydrogen-bond donors (Lipinski definition) is 1. The Kier molecular flexibility index (Phi) is 6.75. The highest BCUT2D eigenvalue weighted by Gasteiger charge is 2.39. The van der Waals surface area contributed by atoms with Gasteiger partial charge < -0.3 is 5.32 Å². The van der Waals surface area contributed by atoms with Gasteiger partial charge in [0.2, 0.25) is 0 Å². The molecule has 0 bridgehead atoms. The topological polar surface area (TPSA) is 46.9 Å². The maximum atomic E-state index is 14.6. The zero-order valence-corrected chi connectivity index (χ0v) is 20.9. The van der Waals surface area contributed by atoms with Crippen LogP contribution < -0.4 is 5.32 Å². The van der Waals surface area contributed by atoms with Crippen molar-refractivity contribution in [3.8, 4) is 0 Å². The number of aromatic nitrogens is 2. The fraction of sp³-hybridized carbons (Fsp3) is 0.429. The molecule has 1 aromatic heterocycles. The van der Waals surface area contributed by atoms with E-state index in [4.69, 9.17) is 0 Å². The number of fused-ring (bicyclic) bond motifs is 1. The smallest absolute Gasteiger partial charge is 0.363 e. The average Bonchev–Trinajstić information content (AvgIpc) is 3.27. The highest BCUT2D eigenvalue weighted by molar-refractivity contribution is 6.01. The van der Waals surface area contributed by atoms with Crippen molar-refractivity contribution in [2.45, 2.75) is 76.6 Å². The van der Waals surface area contributed by atoms with Gasteiger partial charge in [0.1, 0.15) is 11.6 Å². The summed E-state index contributed by atoms with van der Waals surface area (Å²) in [6.07, 6.45) is -1.01. The fourth-order valence-electron chi connectivity index (χ4n) is 5.32. The minimum Gasteiger partial charge on any atom is -0.363 e. The zero-order valence-electron chi connectivity index (χ0n) is 20.9. The molecule has 0 aliphatic carbocycles. The van der Waals surface area contributed by atoms with E-state index in [1.54, 1.807) is 29.1 Å².